The Kier molecular flexibility index (Phi) is 9.43. The van der Waals surface area contributed by atoms with Crippen molar-refractivity contribution in [2.24, 2.45) is 0 Å². The van der Waals surface area contributed by atoms with Crippen LogP contribution in [0.1, 0.15) is 58.4 Å². The summed E-state index contributed by atoms with van der Waals surface area (Å²) < 4.78 is 10.5. The van der Waals surface area contributed by atoms with Gasteiger partial charge >= 0.3 is 5.97 Å². The van der Waals surface area contributed by atoms with Crippen LogP contribution in [-0.4, -0.2) is 28.6 Å². The van der Waals surface area contributed by atoms with Crippen molar-refractivity contribution < 1.29 is 14.3 Å². The predicted molar refractivity (Wildman–Crippen MR) is 132 cm³/mol. The fourth-order valence-corrected chi connectivity index (χ4v) is 3.65. The van der Waals surface area contributed by atoms with Gasteiger partial charge in [-0.1, -0.05) is 81.1 Å². The molecule has 0 amide bonds. The van der Waals surface area contributed by atoms with Crippen LogP contribution in [0.25, 0.3) is 22.5 Å². The van der Waals surface area contributed by atoms with Gasteiger partial charge in [-0.25, -0.2) is 14.8 Å². The van der Waals surface area contributed by atoms with Crippen molar-refractivity contribution in [3.8, 4) is 28.3 Å². The number of aryl methyl sites for hydroxylation is 1. The summed E-state index contributed by atoms with van der Waals surface area (Å²) in [5.74, 6) is 0.634. The van der Waals surface area contributed by atoms with Crippen LogP contribution in [0.4, 0.5) is 0 Å². The summed E-state index contributed by atoms with van der Waals surface area (Å²) in [4.78, 5) is 20.5. The zero-order valence-corrected chi connectivity index (χ0v) is 19.9. The second kappa shape index (κ2) is 12.7. The maximum absolute atomic E-state index is 11.7. The van der Waals surface area contributed by atoms with Gasteiger partial charge in [0.25, 0.3) is 0 Å². The minimum Gasteiger partial charge on any atom is -0.476 e. The van der Waals surface area contributed by atoms with Crippen LogP contribution in [0.3, 0.4) is 0 Å². The Bertz CT molecular complexity index is 983. The van der Waals surface area contributed by atoms with Crippen LogP contribution in [-0.2, 0) is 16.0 Å². The number of esters is 1. The minimum atomic E-state index is -0.703. The molecule has 174 valence electrons. The van der Waals surface area contributed by atoms with E-state index in [2.05, 4.69) is 53.3 Å². The fraction of sp³-hybridized carbons (Fsp3) is 0.393. The number of carbonyl (C=O) groups excluding carboxylic acids is 1. The Balaban J connectivity index is 1.57. The topological polar surface area (TPSA) is 61.3 Å². The molecule has 0 aliphatic carbocycles. The van der Waals surface area contributed by atoms with E-state index < -0.39 is 12.1 Å². The molecule has 0 aliphatic heterocycles. The molecular weight excluding hydrogens is 412 g/mol. The maximum Gasteiger partial charge on any atom is 0.347 e. The highest BCUT2D eigenvalue weighted by molar-refractivity contribution is 5.74. The summed E-state index contributed by atoms with van der Waals surface area (Å²) in [5, 5.41) is 0. The zero-order valence-electron chi connectivity index (χ0n) is 19.9. The number of hydrogen-bond acceptors (Lipinski definition) is 5. The zero-order chi connectivity index (χ0) is 23.5. The molecule has 1 aromatic heterocycles. The van der Waals surface area contributed by atoms with Crippen LogP contribution in [0.2, 0.25) is 0 Å². The van der Waals surface area contributed by atoms with Gasteiger partial charge in [0.05, 0.1) is 19.0 Å². The first-order valence-corrected chi connectivity index (χ1v) is 12.0. The smallest absolute Gasteiger partial charge is 0.347 e. The molecule has 2 aromatic carbocycles. The van der Waals surface area contributed by atoms with E-state index >= 15 is 0 Å². The highest BCUT2D eigenvalue weighted by Crippen LogP contribution is 2.24. The normalized spacial score (nSPS) is 11.7. The van der Waals surface area contributed by atoms with E-state index in [0.29, 0.717) is 18.2 Å². The molecule has 5 nitrogen and oxygen atoms in total. The molecule has 0 bridgehead atoms. The first-order valence-electron chi connectivity index (χ1n) is 12.0. The van der Waals surface area contributed by atoms with Crippen molar-refractivity contribution in [1.82, 2.24) is 9.97 Å². The van der Waals surface area contributed by atoms with E-state index in [1.165, 1.54) is 43.2 Å². The molecular formula is C28H34N2O3. The Labute approximate surface area is 197 Å². The Morgan fingerprint density at radius 3 is 2.00 bits per heavy atom. The number of ether oxygens (including phenoxy) is 2. The Hall–Kier alpha value is -3.21. The average Bonchev–Trinajstić information content (AvgIpc) is 2.85. The van der Waals surface area contributed by atoms with E-state index in [-0.39, 0.29) is 0 Å². The second-order valence-electron chi connectivity index (χ2n) is 8.19. The third-order valence-electron chi connectivity index (χ3n) is 5.56. The lowest BCUT2D eigenvalue weighted by Crippen LogP contribution is -2.26. The summed E-state index contributed by atoms with van der Waals surface area (Å²) in [6.45, 7) is 5.98. The van der Waals surface area contributed by atoms with Gasteiger partial charge in [0.1, 0.15) is 0 Å². The van der Waals surface area contributed by atoms with Crippen molar-refractivity contribution in [3.63, 3.8) is 0 Å². The lowest BCUT2D eigenvalue weighted by atomic mass is 10.00. The van der Waals surface area contributed by atoms with Gasteiger partial charge in [-0.2, -0.15) is 0 Å². The third kappa shape index (κ3) is 7.41. The monoisotopic (exact) mass is 446 g/mol. The van der Waals surface area contributed by atoms with E-state index in [1.807, 2.05) is 12.1 Å². The van der Waals surface area contributed by atoms with Crippen LogP contribution in [0.15, 0.2) is 60.9 Å². The van der Waals surface area contributed by atoms with Gasteiger partial charge in [-0.15, -0.1) is 0 Å². The van der Waals surface area contributed by atoms with E-state index in [4.69, 9.17) is 9.47 Å². The molecule has 0 aliphatic rings. The lowest BCUT2D eigenvalue weighted by molar-refractivity contribution is -0.150. The molecule has 0 radical (unpaired) electrons. The maximum atomic E-state index is 11.7. The largest absolute Gasteiger partial charge is 0.476 e. The van der Waals surface area contributed by atoms with Gasteiger partial charge in [-0.05, 0) is 43.4 Å². The SMILES string of the molecule is CCCCCCCc1ccc(-c2ccc(-c3ncc(O[C@@H](C)C(=O)OCC)cn3)cc2)cc1. The van der Waals surface area contributed by atoms with Crippen LogP contribution in [0, 0.1) is 0 Å². The lowest BCUT2D eigenvalue weighted by Gasteiger charge is -2.12. The van der Waals surface area contributed by atoms with Gasteiger partial charge < -0.3 is 9.47 Å². The van der Waals surface area contributed by atoms with Crippen molar-refractivity contribution in [3.05, 3.63) is 66.5 Å². The summed E-state index contributed by atoms with van der Waals surface area (Å²) in [6, 6.07) is 17.1. The second-order valence-corrected chi connectivity index (χ2v) is 8.19. The molecule has 0 saturated carbocycles. The molecule has 0 spiro atoms. The van der Waals surface area contributed by atoms with E-state index in [0.717, 1.165) is 17.5 Å². The van der Waals surface area contributed by atoms with Gasteiger partial charge in [0, 0.05) is 5.56 Å². The molecule has 1 heterocycles. The number of rotatable bonds is 12. The van der Waals surface area contributed by atoms with Crippen molar-refractivity contribution in [2.75, 3.05) is 6.61 Å². The number of aromatic nitrogens is 2. The first-order chi connectivity index (χ1) is 16.1. The van der Waals surface area contributed by atoms with E-state index in [1.54, 1.807) is 26.2 Å². The number of hydrogen-bond donors (Lipinski definition) is 0. The fourth-order valence-electron chi connectivity index (χ4n) is 3.65. The number of nitrogens with zero attached hydrogens (tertiary/aromatic N) is 2. The van der Waals surface area contributed by atoms with Gasteiger partial charge in [-0.3, -0.25) is 0 Å². The molecule has 0 unspecified atom stereocenters. The van der Waals surface area contributed by atoms with Crippen molar-refractivity contribution in [1.29, 1.82) is 0 Å². The molecule has 3 aromatic rings. The third-order valence-corrected chi connectivity index (χ3v) is 5.56. The van der Waals surface area contributed by atoms with Crippen molar-refractivity contribution in [2.45, 2.75) is 65.4 Å². The molecule has 0 fully saturated rings. The van der Waals surface area contributed by atoms with Gasteiger partial charge in [0.15, 0.2) is 17.7 Å². The van der Waals surface area contributed by atoms with Crippen LogP contribution >= 0.6 is 0 Å². The molecule has 0 saturated heterocycles. The summed E-state index contributed by atoms with van der Waals surface area (Å²) in [6.07, 6.45) is 10.1. The van der Waals surface area contributed by atoms with Crippen molar-refractivity contribution >= 4 is 5.97 Å². The molecule has 0 N–H and O–H groups in total. The number of unbranched alkanes of at least 4 members (excludes halogenated alkanes) is 4. The van der Waals surface area contributed by atoms with Crippen LogP contribution in [0.5, 0.6) is 5.75 Å². The molecule has 3 rings (SSSR count). The Morgan fingerprint density at radius 2 is 1.39 bits per heavy atom. The van der Waals surface area contributed by atoms with Gasteiger partial charge in [0.2, 0.25) is 0 Å². The summed E-state index contributed by atoms with van der Waals surface area (Å²) in [5.41, 5.74) is 4.69. The molecule has 33 heavy (non-hydrogen) atoms. The average molecular weight is 447 g/mol. The number of carbonyl (C=O) groups is 1. The molecule has 1 atom stereocenters. The van der Waals surface area contributed by atoms with E-state index in [9.17, 15) is 4.79 Å². The molecule has 5 heteroatoms. The first kappa shape index (κ1) is 24.4. The summed E-state index contributed by atoms with van der Waals surface area (Å²) >= 11 is 0. The standard InChI is InChI=1S/C28H34N2O3/c1-4-6-7-8-9-10-22-11-13-23(14-12-22)24-15-17-25(18-16-24)27-29-19-26(20-30-27)33-21(3)28(31)32-5-2/h11-21H,4-10H2,1-3H3/t21-/m0/s1. The Morgan fingerprint density at radius 1 is 0.818 bits per heavy atom. The predicted octanol–water partition coefficient (Wildman–Crippen LogP) is 6.65. The highest BCUT2D eigenvalue weighted by Gasteiger charge is 2.16. The highest BCUT2D eigenvalue weighted by atomic mass is 16.6. The summed E-state index contributed by atoms with van der Waals surface area (Å²) in [7, 11) is 0. The minimum absolute atomic E-state index is 0.321. The quantitative estimate of drug-likeness (QED) is 0.230. The van der Waals surface area contributed by atoms with Crippen LogP contribution < -0.4 is 4.74 Å². The number of benzene rings is 2.